The molecule has 3 rings (SSSR count). The summed E-state index contributed by atoms with van der Waals surface area (Å²) in [6.07, 6.45) is -5.63. The van der Waals surface area contributed by atoms with Crippen molar-refractivity contribution in [2.45, 2.75) is 63.2 Å². The molecule has 13 nitrogen and oxygen atoms in total. The summed E-state index contributed by atoms with van der Waals surface area (Å²) in [5, 5.41) is 44.5. The quantitative estimate of drug-likeness (QED) is 0.150. The molecule has 2 fully saturated rings. The Kier molecular flexibility index (Phi) is 12.3. The number of nitrogens with zero attached hydrogens (tertiary/aromatic N) is 1. The van der Waals surface area contributed by atoms with Gasteiger partial charge >= 0.3 is 13.1 Å². The molecule has 0 spiro atoms. The Bertz CT molecular complexity index is 965. The highest BCUT2D eigenvalue weighted by Gasteiger charge is 2.46. The highest BCUT2D eigenvalue weighted by Crippen LogP contribution is 2.19. The SMILES string of the molecule is CC(C)CC(NC(=O)C(Cc1ccccc1)NC(=O)N1CCOCC1)C(=O)B1OCC(C(O)C(O)C(O)CO)O1. The number of urea groups is 1. The number of morpholine rings is 1. The Morgan fingerprint density at radius 3 is 2.35 bits per heavy atom. The topological polar surface area (TPSA) is 187 Å². The number of ether oxygens (including phenoxy) is 1. The fourth-order valence-electron chi connectivity index (χ4n) is 4.52. The van der Waals surface area contributed by atoms with Gasteiger partial charge in [0.25, 0.3) is 0 Å². The normalized spacial score (nSPS) is 21.4. The number of benzene rings is 1. The molecular formula is C26H40BN3O10. The molecule has 14 heteroatoms. The average Bonchev–Trinajstić information content (AvgIpc) is 3.46. The zero-order valence-electron chi connectivity index (χ0n) is 22.8. The summed E-state index contributed by atoms with van der Waals surface area (Å²) in [5.74, 6) is -0.561. The van der Waals surface area contributed by atoms with Gasteiger partial charge in [0.2, 0.25) is 5.91 Å². The van der Waals surface area contributed by atoms with Gasteiger partial charge in [-0.25, -0.2) is 4.79 Å². The third-order valence-corrected chi connectivity index (χ3v) is 6.82. The van der Waals surface area contributed by atoms with E-state index < -0.39 is 67.8 Å². The Morgan fingerprint density at radius 1 is 1.05 bits per heavy atom. The lowest BCUT2D eigenvalue weighted by atomic mass is 9.76. The third-order valence-electron chi connectivity index (χ3n) is 6.82. The zero-order chi connectivity index (χ0) is 29.2. The van der Waals surface area contributed by atoms with Crippen LogP contribution in [0.4, 0.5) is 4.79 Å². The average molecular weight is 565 g/mol. The number of rotatable bonds is 13. The molecule has 6 atom stereocenters. The van der Waals surface area contributed by atoms with Gasteiger partial charge in [-0.2, -0.15) is 0 Å². The predicted octanol–water partition coefficient (Wildman–Crippen LogP) is -1.74. The maximum Gasteiger partial charge on any atom is 0.534 e. The zero-order valence-corrected chi connectivity index (χ0v) is 22.8. The van der Waals surface area contributed by atoms with Gasteiger partial charge in [0, 0.05) is 19.5 Å². The van der Waals surface area contributed by atoms with Crippen LogP contribution < -0.4 is 10.6 Å². The van der Waals surface area contributed by atoms with Crippen LogP contribution in [0, 0.1) is 5.92 Å². The van der Waals surface area contributed by atoms with Gasteiger partial charge in [-0.05, 0) is 17.9 Å². The van der Waals surface area contributed by atoms with Crippen LogP contribution in [-0.4, -0.2) is 126 Å². The molecule has 2 saturated heterocycles. The number of nitrogens with one attached hydrogen (secondary N) is 2. The lowest BCUT2D eigenvalue weighted by molar-refractivity contribution is -0.127. The molecule has 2 heterocycles. The number of aliphatic hydroxyl groups is 4. The predicted molar refractivity (Wildman–Crippen MR) is 143 cm³/mol. The van der Waals surface area contributed by atoms with Crippen molar-refractivity contribution in [2.24, 2.45) is 5.92 Å². The van der Waals surface area contributed by atoms with E-state index in [0.29, 0.717) is 26.3 Å². The van der Waals surface area contributed by atoms with Crippen LogP contribution in [0.3, 0.4) is 0 Å². The lowest BCUT2D eigenvalue weighted by Crippen LogP contribution is -2.57. The summed E-state index contributed by atoms with van der Waals surface area (Å²) in [6, 6.07) is 6.77. The maximum absolute atomic E-state index is 13.5. The van der Waals surface area contributed by atoms with Crippen molar-refractivity contribution in [2.75, 3.05) is 39.5 Å². The van der Waals surface area contributed by atoms with Crippen molar-refractivity contribution < 1.29 is 48.9 Å². The van der Waals surface area contributed by atoms with E-state index in [0.717, 1.165) is 5.56 Å². The summed E-state index contributed by atoms with van der Waals surface area (Å²) in [6.45, 7) is 4.33. The molecule has 222 valence electrons. The van der Waals surface area contributed by atoms with Crippen molar-refractivity contribution in [1.29, 1.82) is 0 Å². The third kappa shape index (κ3) is 8.96. The molecule has 40 heavy (non-hydrogen) atoms. The molecule has 1 aromatic rings. The van der Waals surface area contributed by atoms with Gasteiger partial charge in [0.1, 0.15) is 24.4 Å². The minimum absolute atomic E-state index is 0.00548. The minimum atomic E-state index is -1.72. The summed E-state index contributed by atoms with van der Waals surface area (Å²) in [4.78, 5) is 41.4. The van der Waals surface area contributed by atoms with E-state index in [-0.39, 0.29) is 25.4 Å². The fourth-order valence-corrected chi connectivity index (χ4v) is 4.52. The van der Waals surface area contributed by atoms with Crippen LogP contribution in [0.15, 0.2) is 30.3 Å². The van der Waals surface area contributed by atoms with Gasteiger partial charge in [-0.1, -0.05) is 44.2 Å². The molecule has 6 N–H and O–H groups in total. The molecule has 1 aromatic carbocycles. The molecule has 3 amide bonds. The van der Waals surface area contributed by atoms with Crippen molar-refractivity contribution in [3.05, 3.63) is 35.9 Å². The highest BCUT2D eigenvalue weighted by atomic mass is 16.7. The van der Waals surface area contributed by atoms with Crippen molar-refractivity contribution in [1.82, 2.24) is 15.5 Å². The molecule has 6 unspecified atom stereocenters. The highest BCUT2D eigenvalue weighted by molar-refractivity contribution is 6.82. The van der Waals surface area contributed by atoms with Crippen LogP contribution in [0.25, 0.3) is 0 Å². The summed E-state index contributed by atoms with van der Waals surface area (Å²) >= 11 is 0. The van der Waals surface area contributed by atoms with E-state index in [2.05, 4.69) is 10.6 Å². The molecule has 0 aromatic heterocycles. The second kappa shape index (κ2) is 15.4. The van der Waals surface area contributed by atoms with Gasteiger partial charge in [0.15, 0.2) is 5.68 Å². The van der Waals surface area contributed by atoms with Crippen LogP contribution in [-0.2, 0) is 30.1 Å². The number of aliphatic hydroxyl groups excluding tert-OH is 4. The van der Waals surface area contributed by atoms with Crippen LogP contribution in [0.5, 0.6) is 0 Å². The first-order chi connectivity index (χ1) is 19.1. The smallest absolute Gasteiger partial charge is 0.403 e. The van der Waals surface area contributed by atoms with Gasteiger partial charge in [0.05, 0.1) is 38.6 Å². The van der Waals surface area contributed by atoms with Gasteiger partial charge in [-0.15, -0.1) is 0 Å². The number of hydrogen-bond acceptors (Lipinski definition) is 10. The monoisotopic (exact) mass is 565 g/mol. The first-order valence-corrected chi connectivity index (χ1v) is 13.5. The molecule has 0 saturated carbocycles. The summed E-state index contributed by atoms with van der Waals surface area (Å²) in [7, 11) is -1.43. The fraction of sp³-hybridized carbons (Fsp3) is 0.654. The second-order valence-corrected chi connectivity index (χ2v) is 10.5. The van der Waals surface area contributed by atoms with E-state index >= 15 is 0 Å². The summed E-state index contributed by atoms with van der Waals surface area (Å²) in [5.41, 5.74) is 0.228. The molecular weight excluding hydrogens is 525 g/mol. The van der Waals surface area contributed by atoms with E-state index in [1.54, 1.807) is 4.90 Å². The second-order valence-electron chi connectivity index (χ2n) is 10.5. The van der Waals surface area contributed by atoms with Crippen LogP contribution >= 0.6 is 0 Å². The Morgan fingerprint density at radius 2 is 1.73 bits per heavy atom. The molecule has 2 aliphatic rings. The molecule has 0 radical (unpaired) electrons. The Labute approximate surface area is 233 Å². The lowest BCUT2D eigenvalue weighted by Gasteiger charge is -2.30. The van der Waals surface area contributed by atoms with Crippen molar-refractivity contribution >= 4 is 24.7 Å². The largest absolute Gasteiger partial charge is 0.534 e. The number of amides is 3. The van der Waals surface area contributed by atoms with Crippen LogP contribution in [0.2, 0.25) is 0 Å². The Balaban J connectivity index is 1.71. The van der Waals surface area contributed by atoms with Crippen molar-refractivity contribution in [3.63, 3.8) is 0 Å². The standard InChI is InChI=1S/C26H40BN3O10/c1-16(2)12-18(24(35)27-39-15-21(40-27)23(34)22(33)20(32)14-31)28-25(36)19(13-17-6-4-3-5-7-17)29-26(37)30-8-10-38-11-9-30/h3-7,16,18-23,31-34H,8-15H2,1-2H3,(H,28,36)(H,29,37). The first-order valence-electron chi connectivity index (χ1n) is 13.5. The van der Waals surface area contributed by atoms with Gasteiger partial charge < -0.3 is 54.8 Å². The van der Waals surface area contributed by atoms with E-state index in [4.69, 9.17) is 19.2 Å². The van der Waals surface area contributed by atoms with E-state index in [1.807, 2.05) is 44.2 Å². The maximum atomic E-state index is 13.5. The Hall–Kier alpha value is -2.59. The number of carbonyl (C=O) groups is 3. The van der Waals surface area contributed by atoms with E-state index in [9.17, 15) is 29.7 Å². The molecule has 0 bridgehead atoms. The molecule has 0 aliphatic carbocycles. The van der Waals surface area contributed by atoms with Gasteiger partial charge in [-0.3, -0.25) is 4.79 Å². The number of carbonyl (C=O) groups excluding carboxylic acids is 3. The van der Waals surface area contributed by atoms with Crippen LogP contribution in [0.1, 0.15) is 25.8 Å². The first kappa shape index (κ1) is 31.9. The molecule has 2 aliphatic heterocycles. The van der Waals surface area contributed by atoms with Crippen molar-refractivity contribution in [3.8, 4) is 0 Å². The number of hydrogen-bond donors (Lipinski definition) is 6. The van der Waals surface area contributed by atoms with E-state index in [1.165, 1.54) is 0 Å². The minimum Gasteiger partial charge on any atom is -0.403 e. The summed E-state index contributed by atoms with van der Waals surface area (Å²) < 4.78 is 16.3.